The molecule has 1 heterocycles. The van der Waals surface area contributed by atoms with Crippen molar-refractivity contribution in [3.05, 3.63) is 218 Å². The van der Waals surface area contributed by atoms with E-state index in [-0.39, 0.29) is 0 Å². The topological polar surface area (TPSA) is 8.17 Å². The first-order valence-electron chi connectivity index (χ1n) is 18.5. The zero-order valence-electron chi connectivity index (χ0n) is 29.7. The van der Waals surface area contributed by atoms with Gasteiger partial charge >= 0.3 is 0 Å². The standard InChI is InChI=1S/C52H36N2/c1-4-16-37(17-5-1)39-32-34-44(35-33-39)54(50-29-15-28-49-51(50)47-24-12-13-27-48(47)53(49)43-22-8-3-9-23-43)52-45(40-19-6-2-7-20-40)25-14-26-46(52)42-31-30-38-18-10-11-21-41(38)36-42/h1-36H. The van der Waals surface area contributed by atoms with Crippen LogP contribution in [0.1, 0.15) is 0 Å². The summed E-state index contributed by atoms with van der Waals surface area (Å²) >= 11 is 0. The van der Waals surface area contributed by atoms with Crippen molar-refractivity contribution >= 4 is 49.6 Å². The van der Waals surface area contributed by atoms with E-state index in [9.17, 15) is 0 Å². The van der Waals surface area contributed by atoms with Crippen LogP contribution >= 0.6 is 0 Å². The van der Waals surface area contributed by atoms with Crippen molar-refractivity contribution in [3.8, 4) is 39.1 Å². The maximum Gasteiger partial charge on any atom is 0.0618 e. The molecule has 0 unspecified atom stereocenters. The van der Waals surface area contributed by atoms with Crippen molar-refractivity contribution in [1.29, 1.82) is 0 Å². The molecule has 0 saturated heterocycles. The molecule has 0 amide bonds. The molecule has 54 heavy (non-hydrogen) atoms. The Labute approximate surface area is 315 Å². The van der Waals surface area contributed by atoms with Gasteiger partial charge in [-0.25, -0.2) is 0 Å². The Kier molecular flexibility index (Phi) is 7.85. The average Bonchev–Trinajstić information content (AvgIpc) is 3.60. The lowest BCUT2D eigenvalue weighted by molar-refractivity contribution is 1.18. The van der Waals surface area contributed by atoms with E-state index in [1.54, 1.807) is 0 Å². The number of fused-ring (bicyclic) bond motifs is 4. The van der Waals surface area contributed by atoms with E-state index in [1.807, 2.05) is 0 Å². The summed E-state index contributed by atoms with van der Waals surface area (Å²) in [5.41, 5.74) is 13.9. The fourth-order valence-corrected chi connectivity index (χ4v) is 8.09. The average molecular weight is 689 g/mol. The largest absolute Gasteiger partial charge is 0.309 e. The van der Waals surface area contributed by atoms with Crippen molar-refractivity contribution in [2.45, 2.75) is 0 Å². The van der Waals surface area contributed by atoms with Crippen LogP contribution in [0, 0.1) is 0 Å². The van der Waals surface area contributed by atoms with E-state index in [0.29, 0.717) is 0 Å². The summed E-state index contributed by atoms with van der Waals surface area (Å²) in [5, 5.41) is 4.87. The summed E-state index contributed by atoms with van der Waals surface area (Å²) < 4.78 is 2.40. The van der Waals surface area contributed by atoms with E-state index >= 15 is 0 Å². The normalized spacial score (nSPS) is 11.3. The minimum absolute atomic E-state index is 1.09. The Morgan fingerprint density at radius 1 is 0.352 bits per heavy atom. The van der Waals surface area contributed by atoms with Crippen LogP contribution in [0.25, 0.3) is 71.6 Å². The highest BCUT2D eigenvalue weighted by Crippen LogP contribution is 2.50. The SMILES string of the molecule is c1ccc(-c2ccc(N(c3c(-c4ccccc4)cccc3-c3ccc4ccccc4c3)c3cccc4c3c3ccccc3n4-c3ccccc3)cc2)cc1. The Balaban J connectivity index is 1.31. The van der Waals surface area contributed by atoms with Crippen molar-refractivity contribution in [1.82, 2.24) is 4.57 Å². The maximum absolute atomic E-state index is 2.51. The monoisotopic (exact) mass is 688 g/mol. The second-order valence-electron chi connectivity index (χ2n) is 13.7. The molecule has 10 aromatic rings. The molecule has 0 aliphatic carbocycles. The second-order valence-corrected chi connectivity index (χ2v) is 13.7. The van der Waals surface area contributed by atoms with Gasteiger partial charge in [-0.15, -0.1) is 0 Å². The summed E-state index contributed by atoms with van der Waals surface area (Å²) in [7, 11) is 0. The highest BCUT2D eigenvalue weighted by Gasteiger charge is 2.26. The van der Waals surface area contributed by atoms with E-state index in [4.69, 9.17) is 0 Å². The van der Waals surface area contributed by atoms with Crippen LogP contribution in [0.3, 0.4) is 0 Å². The molecule has 0 N–H and O–H groups in total. The van der Waals surface area contributed by atoms with Gasteiger partial charge in [0.05, 0.1) is 22.4 Å². The van der Waals surface area contributed by atoms with Crippen LogP contribution < -0.4 is 4.90 Å². The summed E-state index contributed by atoms with van der Waals surface area (Å²) in [4.78, 5) is 2.51. The molecule has 0 atom stereocenters. The smallest absolute Gasteiger partial charge is 0.0618 e. The molecule has 10 rings (SSSR count). The number of anilines is 3. The van der Waals surface area contributed by atoms with Gasteiger partial charge in [0.15, 0.2) is 0 Å². The first kappa shape index (κ1) is 31.6. The maximum atomic E-state index is 2.51. The molecule has 0 spiro atoms. The molecule has 0 saturated carbocycles. The molecule has 9 aromatic carbocycles. The lowest BCUT2D eigenvalue weighted by Gasteiger charge is -2.31. The quantitative estimate of drug-likeness (QED) is 0.162. The van der Waals surface area contributed by atoms with Gasteiger partial charge in [0.2, 0.25) is 0 Å². The van der Waals surface area contributed by atoms with E-state index < -0.39 is 0 Å². The van der Waals surface area contributed by atoms with Crippen molar-refractivity contribution in [2.75, 3.05) is 4.90 Å². The van der Waals surface area contributed by atoms with Gasteiger partial charge in [-0.1, -0.05) is 170 Å². The van der Waals surface area contributed by atoms with Crippen LogP contribution in [0.2, 0.25) is 0 Å². The predicted molar refractivity (Wildman–Crippen MR) is 229 cm³/mol. The van der Waals surface area contributed by atoms with Gasteiger partial charge in [0.1, 0.15) is 0 Å². The number of hydrogen-bond acceptors (Lipinski definition) is 1. The fraction of sp³-hybridized carbons (Fsp3) is 0. The zero-order chi connectivity index (χ0) is 35.8. The van der Waals surface area contributed by atoms with Crippen molar-refractivity contribution in [2.24, 2.45) is 0 Å². The lowest BCUT2D eigenvalue weighted by Crippen LogP contribution is -2.13. The summed E-state index contributed by atoms with van der Waals surface area (Å²) in [6.45, 7) is 0. The second kappa shape index (κ2) is 13.4. The molecule has 0 aliphatic heterocycles. The number of hydrogen-bond donors (Lipinski definition) is 0. The number of nitrogens with zero attached hydrogens (tertiary/aromatic N) is 2. The molecule has 0 bridgehead atoms. The molecule has 0 fully saturated rings. The molecule has 1 aromatic heterocycles. The van der Waals surface area contributed by atoms with Gasteiger partial charge in [0, 0.05) is 33.3 Å². The van der Waals surface area contributed by atoms with Gasteiger partial charge in [-0.2, -0.15) is 0 Å². The number of benzene rings is 9. The van der Waals surface area contributed by atoms with Crippen LogP contribution in [0.15, 0.2) is 218 Å². The zero-order valence-corrected chi connectivity index (χ0v) is 29.7. The number of rotatable bonds is 7. The molecule has 254 valence electrons. The first-order valence-corrected chi connectivity index (χ1v) is 18.5. The molecular weight excluding hydrogens is 653 g/mol. The van der Waals surface area contributed by atoms with Gasteiger partial charge in [-0.3, -0.25) is 0 Å². The lowest BCUT2D eigenvalue weighted by atomic mass is 9.92. The summed E-state index contributed by atoms with van der Waals surface area (Å²) in [6, 6.07) is 79.0. The Bertz CT molecular complexity index is 2910. The third-order valence-electron chi connectivity index (χ3n) is 10.6. The van der Waals surface area contributed by atoms with Gasteiger partial charge < -0.3 is 9.47 Å². The van der Waals surface area contributed by atoms with Gasteiger partial charge in [0.25, 0.3) is 0 Å². The fourth-order valence-electron chi connectivity index (χ4n) is 8.09. The third-order valence-corrected chi connectivity index (χ3v) is 10.6. The summed E-state index contributed by atoms with van der Waals surface area (Å²) in [6.07, 6.45) is 0. The van der Waals surface area contributed by atoms with E-state index in [1.165, 1.54) is 49.3 Å². The van der Waals surface area contributed by atoms with E-state index in [2.05, 4.69) is 228 Å². The molecule has 0 aliphatic rings. The van der Waals surface area contributed by atoms with Gasteiger partial charge in [-0.05, 0) is 81.6 Å². The number of aromatic nitrogens is 1. The molecule has 0 radical (unpaired) electrons. The first-order chi connectivity index (χ1) is 26.8. The summed E-state index contributed by atoms with van der Waals surface area (Å²) in [5.74, 6) is 0. The van der Waals surface area contributed by atoms with Crippen LogP contribution in [-0.2, 0) is 0 Å². The molecule has 2 heteroatoms. The van der Waals surface area contributed by atoms with E-state index in [0.717, 1.165) is 39.4 Å². The molecule has 2 nitrogen and oxygen atoms in total. The highest BCUT2D eigenvalue weighted by atomic mass is 15.2. The van der Waals surface area contributed by atoms with Crippen LogP contribution in [0.4, 0.5) is 17.1 Å². The van der Waals surface area contributed by atoms with Crippen LogP contribution in [0.5, 0.6) is 0 Å². The van der Waals surface area contributed by atoms with Crippen LogP contribution in [-0.4, -0.2) is 4.57 Å². The molecular formula is C52H36N2. The third kappa shape index (κ3) is 5.44. The number of para-hydroxylation sites is 3. The van der Waals surface area contributed by atoms with Crippen molar-refractivity contribution < 1.29 is 0 Å². The Morgan fingerprint density at radius 3 is 1.67 bits per heavy atom. The minimum Gasteiger partial charge on any atom is -0.309 e. The predicted octanol–water partition coefficient (Wildman–Crippen LogP) is 14.4. The van der Waals surface area contributed by atoms with Crippen molar-refractivity contribution in [3.63, 3.8) is 0 Å². The highest BCUT2D eigenvalue weighted by molar-refractivity contribution is 6.17. The Morgan fingerprint density at radius 2 is 0.907 bits per heavy atom. The minimum atomic E-state index is 1.09. The Hall–Kier alpha value is -7.16.